The molecule has 2 rings (SSSR count). The van der Waals surface area contributed by atoms with Crippen LogP contribution in [-0.2, 0) is 6.42 Å². The van der Waals surface area contributed by atoms with E-state index in [-0.39, 0.29) is 11.0 Å². The Morgan fingerprint density at radius 1 is 1.07 bits per heavy atom. The number of ether oxygens (including phenoxy) is 3. The molecule has 6 nitrogen and oxygen atoms in total. The minimum absolute atomic E-state index is 0.0784. The van der Waals surface area contributed by atoms with Gasteiger partial charge in [-0.15, -0.1) is 0 Å². The highest BCUT2D eigenvalue weighted by Crippen LogP contribution is 2.46. The number of hydrogen-bond acceptors (Lipinski definition) is 4. The molecule has 1 N–H and O–H groups in total. The second kappa shape index (κ2) is 8.28. The summed E-state index contributed by atoms with van der Waals surface area (Å²) in [7, 11) is 4.90. The summed E-state index contributed by atoms with van der Waals surface area (Å²) in [4.78, 5) is 7.23. The fraction of sp³-hybridized carbons (Fsp3) is 0.667. The van der Waals surface area contributed by atoms with Crippen LogP contribution in [0.15, 0.2) is 17.1 Å². The molecular weight excluding hydrogens is 342 g/mol. The van der Waals surface area contributed by atoms with Crippen LogP contribution in [0.1, 0.15) is 40.2 Å². The Hall–Kier alpha value is -2.11. The molecule has 152 valence electrons. The van der Waals surface area contributed by atoms with Gasteiger partial charge in [-0.25, -0.2) is 0 Å². The van der Waals surface area contributed by atoms with Gasteiger partial charge < -0.3 is 24.4 Å². The van der Waals surface area contributed by atoms with Crippen LogP contribution in [-0.4, -0.2) is 57.4 Å². The van der Waals surface area contributed by atoms with Crippen molar-refractivity contribution < 1.29 is 14.2 Å². The Labute approximate surface area is 163 Å². The summed E-state index contributed by atoms with van der Waals surface area (Å²) < 4.78 is 16.4. The molecule has 1 aromatic rings. The monoisotopic (exact) mass is 377 g/mol. The van der Waals surface area contributed by atoms with Gasteiger partial charge >= 0.3 is 0 Å². The van der Waals surface area contributed by atoms with Crippen LogP contribution >= 0.6 is 0 Å². The van der Waals surface area contributed by atoms with Crippen molar-refractivity contribution >= 4 is 5.96 Å². The molecule has 0 aliphatic carbocycles. The number of nitrogens with zero attached hydrogens (tertiary/aromatic N) is 2. The molecule has 0 amide bonds. The summed E-state index contributed by atoms with van der Waals surface area (Å²) in [6, 6.07) is 3.92. The molecule has 0 aromatic heterocycles. The minimum atomic E-state index is 0.0784. The lowest BCUT2D eigenvalue weighted by Gasteiger charge is -2.62. The first kappa shape index (κ1) is 21.2. The van der Waals surface area contributed by atoms with Crippen molar-refractivity contribution in [3.05, 3.63) is 17.7 Å². The van der Waals surface area contributed by atoms with Crippen molar-refractivity contribution in [2.24, 2.45) is 10.4 Å². The zero-order valence-electron chi connectivity index (χ0n) is 18.1. The van der Waals surface area contributed by atoms with Gasteiger partial charge in [-0.1, -0.05) is 19.9 Å². The normalized spacial score (nSPS) is 17.9. The molecule has 0 bridgehead atoms. The third-order valence-electron chi connectivity index (χ3n) is 5.90. The largest absolute Gasteiger partial charge is 0.493 e. The maximum Gasteiger partial charge on any atom is 0.203 e. The van der Waals surface area contributed by atoms with Crippen molar-refractivity contribution in [2.45, 2.75) is 46.6 Å². The van der Waals surface area contributed by atoms with Crippen LogP contribution in [0, 0.1) is 5.41 Å². The Kier molecular flexibility index (Phi) is 6.50. The molecule has 0 unspecified atom stereocenters. The van der Waals surface area contributed by atoms with E-state index in [2.05, 4.69) is 44.8 Å². The van der Waals surface area contributed by atoms with E-state index >= 15 is 0 Å². The highest BCUT2D eigenvalue weighted by atomic mass is 16.5. The SMILES string of the molecule is CCNC(=NCCc1ccc(OC)c(OC)c1OC)N1CC(C)(C)C1(C)C. The van der Waals surface area contributed by atoms with Gasteiger partial charge in [0.2, 0.25) is 5.75 Å². The minimum Gasteiger partial charge on any atom is -0.493 e. The highest BCUT2D eigenvalue weighted by molar-refractivity contribution is 5.82. The summed E-state index contributed by atoms with van der Waals surface area (Å²) in [6.45, 7) is 13.8. The molecule has 1 aliphatic heterocycles. The van der Waals surface area contributed by atoms with Crippen LogP contribution in [0.25, 0.3) is 0 Å². The predicted octanol–water partition coefficient (Wildman–Crippen LogP) is 3.34. The Morgan fingerprint density at radius 3 is 2.22 bits per heavy atom. The van der Waals surface area contributed by atoms with Gasteiger partial charge in [-0.3, -0.25) is 4.99 Å². The number of hydrogen-bond donors (Lipinski definition) is 1. The molecule has 27 heavy (non-hydrogen) atoms. The first-order valence-electron chi connectivity index (χ1n) is 9.57. The van der Waals surface area contributed by atoms with E-state index in [1.807, 2.05) is 12.1 Å². The van der Waals surface area contributed by atoms with E-state index in [0.717, 1.165) is 31.0 Å². The van der Waals surface area contributed by atoms with Gasteiger partial charge in [0.05, 0.1) is 21.3 Å². The Balaban J connectivity index is 2.17. The molecule has 1 aromatic carbocycles. The van der Waals surface area contributed by atoms with Gasteiger partial charge in [0.1, 0.15) is 0 Å². The number of guanidine groups is 1. The average Bonchev–Trinajstić information content (AvgIpc) is 2.64. The van der Waals surface area contributed by atoms with Crippen LogP contribution in [0.3, 0.4) is 0 Å². The molecule has 1 fully saturated rings. The summed E-state index contributed by atoms with van der Waals surface area (Å²) >= 11 is 0. The van der Waals surface area contributed by atoms with Crippen molar-refractivity contribution in [2.75, 3.05) is 41.0 Å². The van der Waals surface area contributed by atoms with Crippen LogP contribution in [0.5, 0.6) is 17.2 Å². The lowest BCUT2D eigenvalue weighted by Crippen LogP contribution is -2.72. The third-order valence-corrected chi connectivity index (χ3v) is 5.90. The quantitative estimate of drug-likeness (QED) is 0.583. The molecule has 1 saturated heterocycles. The number of aliphatic imine (C=N–C) groups is 1. The smallest absolute Gasteiger partial charge is 0.203 e. The number of nitrogens with one attached hydrogen (secondary N) is 1. The van der Waals surface area contributed by atoms with Crippen LogP contribution in [0.2, 0.25) is 0 Å². The van der Waals surface area contributed by atoms with Gasteiger partial charge in [-0.2, -0.15) is 0 Å². The molecule has 0 saturated carbocycles. The average molecular weight is 378 g/mol. The van der Waals surface area contributed by atoms with E-state index in [1.54, 1.807) is 21.3 Å². The molecule has 0 spiro atoms. The van der Waals surface area contributed by atoms with E-state index < -0.39 is 0 Å². The standard InChI is InChI=1S/C21H35N3O3/c1-9-22-19(24-14-20(2,3)21(24,4)5)23-13-12-15-10-11-16(25-6)18(27-8)17(15)26-7/h10-11H,9,12-14H2,1-8H3,(H,22,23). The fourth-order valence-corrected chi connectivity index (χ4v) is 3.44. The lowest BCUT2D eigenvalue weighted by atomic mass is 9.65. The van der Waals surface area contributed by atoms with E-state index in [4.69, 9.17) is 19.2 Å². The zero-order chi connectivity index (χ0) is 20.2. The van der Waals surface area contributed by atoms with Gasteiger partial charge in [0, 0.05) is 36.2 Å². The van der Waals surface area contributed by atoms with E-state index in [1.165, 1.54) is 0 Å². The topological polar surface area (TPSA) is 55.3 Å². The highest BCUT2D eigenvalue weighted by Gasteiger charge is 2.53. The fourth-order valence-electron chi connectivity index (χ4n) is 3.44. The molecule has 0 atom stereocenters. The first-order chi connectivity index (χ1) is 12.7. The van der Waals surface area contributed by atoms with Crippen molar-refractivity contribution in [3.8, 4) is 17.2 Å². The molecule has 0 radical (unpaired) electrons. The summed E-state index contributed by atoms with van der Waals surface area (Å²) in [5.41, 5.74) is 1.41. The Morgan fingerprint density at radius 2 is 1.74 bits per heavy atom. The second-order valence-electron chi connectivity index (χ2n) is 8.01. The lowest BCUT2D eigenvalue weighted by molar-refractivity contribution is -0.0667. The molecular formula is C21H35N3O3. The number of likely N-dealkylation sites (tertiary alicyclic amines) is 1. The molecule has 1 aliphatic rings. The number of methoxy groups -OCH3 is 3. The maximum absolute atomic E-state index is 5.58. The number of benzene rings is 1. The van der Waals surface area contributed by atoms with Gasteiger partial charge in [0.15, 0.2) is 17.5 Å². The predicted molar refractivity (Wildman–Crippen MR) is 110 cm³/mol. The van der Waals surface area contributed by atoms with E-state index in [9.17, 15) is 0 Å². The van der Waals surface area contributed by atoms with Crippen molar-refractivity contribution in [1.82, 2.24) is 10.2 Å². The van der Waals surface area contributed by atoms with Gasteiger partial charge in [-0.05, 0) is 33.3 Å². The molecule has 6 heteroatoms. The maximum atomic E-state index is 5.58. The van der Waals surface area contributed by atoms with Crippen LogP contribution in [0.4, 0.5) is 0 Å². The van der Waals surface area contributed by atoms with Crippen molar-refractivity contribution in [1.29, 1.82) is 0 Å². The summed E-state index contributed by atoms with van der Waals surface area (Å²) in [6.07, 6.45) is 0.760. The zero-order valence-corrected chi connectivity index (χ0v) is 18.1. The Bertz CT molecular complexity index is 683. The second-order valence-corrected chi connectivity index (χ2v) is 8.01. The number of rotatable bonds is 7. The first-order valence-corrected chi connectivity index (χ1v) is 9.57. The van der Waals surface area contributed by atoms with Gasteiger partial charge in [0.25, 0.3) is 0 Å². The van der Waals surface area contributed by atoms with Crippen molar-refractivity contribution in [3.63, 3.8) is 0 Å². The van der Waals surface area contributed by atoms with Crippen LogP contribution < -0.4 is 19.5 Å². The van der Waals surface area contributed by atoms with E-state index in [0.29, 0.717) is 23.8 Å². The summed E-state index contributed by atoms with van der Waals surface area (Å²) in [5.74, 6) is 2.97. The third kappa shape index (κ3) is 3.94. The summed E-state index contributed by atoms with van der Waals surface area (Å²) in [5, 5.41) is 3.43. The molecule has 1 heterocycles.